The molecular formula is C16H28N+. The van der Waals surface area contributed by atoms with E-state index < -0.39 is 0 Å². The number of hydrogen-bond acceptors (Lipinski definition) is 0. The summed E-state index contributed by atoms with van der Waals surface area (Å²) in [5.41, 5.74) is 1.45. The molecule has 0 aromatic heterocycles. The number of hydrogen-bond donors (Lipinski definition) is 0. The molecule has 0 aliphatic heterocycles. The van der Waals surface area contributed by atoms with Crippen LogP contribution in [-0.4, -0.2) is 22.6 Å². The minimum Gasteiger partial charge on any atom is -0.314 e. The van der Waals surface area contributed by atoms with Crippen LogP contribution in [0.25, 0.3) is 0 Å². The van der Waals surface area contributed by atoms with Crippen LogP contribution < -0.4 is 0 Å². The Morgan fingerprint density at radius 3 is 1.53 bits per heavy atom. The van der Waals surface area contributed by atoms with Gasteiger partial charge in [-0.25, -0.2) is 0 Å². The van der Waals surface area contributed by atoms with E-state index in [0.717, 1.165) is 11.0 Å². The van der Waals surface area contributed by atoms with Gasteiger partial charge >= 0.3 is 0 Å². The van der Waals surface area contributed by atoms with E-state index in [1.165, 1.54) is 5.56 Å². The standard InChI is InChI=1S/C16H28N/c1-13(2)17(14(3)4,15(5)6)12-16-10-8-7-9-11-16/h7-11,13-15H,12H2,1-6H3/q+1. The molecule has 17 heavy (non-hydrogen) atoms. The maximum Gasteiger partial charge on any atom is 0.105 e. The van der Waals surface area contributed by atoms with Gasteiger partial charge in [-0.15, -0.1) is 0 Å². The third-order valence-electron chi connectivity index (χ3n) is 4.18. The molecule has 1 aromatic rings. The summed E-state index contributed by atoms with van der Waals surface area (Å²) in [6.07, 6.45) is 0. The minimum atomic E-state index is 0.648. The Hall–Kier alpha value is -0.820. The van der Waals surface area contributed by atoms with E-state index in [9.17, 15) is 0 Å². The molecule has 0 amide bonds. The Bertz CT molecular complexity index is 303. The van der Waals surface area contributed by atoms with Crippen LogP contribution in [0.2, 0.25) is 0 Å². The molecule has 1 heteroatoms. The Labute approximate surface area is 107 Å². The smallest absolute Gasteiger partial charge is 0.105 e. The van der Waals surface area contributed by atoms with E-state index in [1.807, 2.05) is 0 Å². The fourth-order valence-corrected chi connectivity index (χ4v) is 3.24. The number of quaternary nitrogens is 1. The summed E-state index contributed by atoms with van der Waals surface area (Å²) in [4.78, 5) is 0. The van der Waals surface area contributed by atoms with Gasteiger partial charge in [0.1, 0.15) is 6.54 Å². The molecule has 0 atom stereocenters. The van der Waals surface area contributed by atoms with Gasteiger partial charge in [0.25, 0.3) is 0 Å². The van der Waals surface area contributed by atoms with Crippen LogP contribution in [0.15, 0.2) is 30.3 Å². The van der Waals surface area contributed by atoms with E-state index in [-0.39, 0.29) is 0 Å². The molecule has 0 saturated heterocycles. The topological polar surface area (TPSA) is 0 Å². The quantitative estimate of drug-likeness (QED) is 0.669. The highest BCUT2D eigenvalue weighted by atomic mass is 15.4. The van der Waals surface area contributed by atoms with Crippen LogP contribution >= 0.6 is 0 Å². The summed E-state index contributed by atoms with van der Waals surface area (Å²) < 4.78 is 1.16. The highest BCUT2D eigenvalue weighted by Crippen LogP contribution is 2.27. The zero-order valence-corrected chi connectivity index (χ0v) is 12.3. The van der Waals surface area contributed by atoms with Crippen molar-refractivity contribution in [3.8, 4) is 0 Å². The zero-order chi connectivity index (χ0) is 13.1. The first kappa shape index (κ1) is 14.2. The van der Waals surface area contributed by atoms with E-state index in [0.29, 0.717) is 18.1 Å². The molecule has 0 fully saturated rings. The Balaban J connectivity index is 3.07. The second kappa shape index (κ2) is 5.68. The lowest BCUT2D eigenvalue weighted by molar-refractivity contribution is -0.997. The zero-order valence-electron chi connectivity index (χ0n) is 12.3. The lowest BCUT2D eigenvalue weighted by Crippen LogP contribution is -2.61. The second-order valence-corrected chi connectivity index (χ2v) is 5.92. The summed E-state index contributed by atoms with van der Waals surface area (Å²) in [5.74, 6) is 0. The molecule has 0 bridgehead atoms. The van der Waals surface area contributed by atoms with Gasteiger partial charge in [-0.1, -0.05) is 30.3 Å². The van der Waals surface area contributed by atoms with Gasteiger partial charge < -0.3 is 4.48 Å². The summed E-state index contributed by atoms with van der Waals surface area (Å²) in [6, 6.07) is 12.8. The lowest BCUT2D eigenvalue weighted by Gasteiger charge is -2.49. The van der Waals surface area contributed by atoms with Crippen molar-refractivity contribution >= 4 is 0 Å². The predicted molar refractivity (Wildman–Crippen MR) is 75.8 cm³/mol. The van der Waals surface area contributed by atoms with Crippen LogP contribution in [-0.2, 0) is 6.54 Å². The van der Waals surface area contributed by atoms with Gasteiger partial charge in [0.15, 0.2) is 0 Å². The maximum atomic E-state index is 2.35. The third kappa shape index (κ3) is 2.90. The Morgan fingerprint density at radius 2 is 1.18 bits per heavy atom. The summed E-state index contributed by atoms with van der Waals surface area (Å²) in [6.45, 7) is 15.2. The van der Waals surface area contributed by atoms with E-state index in [1.54, 1.807) is 0 Å². The summed E-state index contributed by atoms with van der Waals surface area (Å²) in [5, 5.41) is 0. The lowest BCUT2D eigenvalue weighted by atomic mass is 10.0. The highest BCUT2D eigenvalue weighted by Gasteiger charge is 2.37. The first-order valence-electron chi connectivity index (χ1n) is 6.82. The Morgan fingerprint density at radius 1 is 0.765 bits per heavy atom. The van der Waals surface area contributed by atoms with Gasteiger partial charge in [0.05, 0.1) is 18.1 Å². The van der Waals surface area contributed by atoms with Crippen molar-refractivity contribution in [1.82, 2.24) is 0 Å². The molecule has 1 aromatic carbocycles. The maximum absolute atomic E-state index is 2.35. The molecule has 96 valence electrons. The molecule has 1 rings (SSSR count). The molecule has 0 saturated carbocycles. The first-order valence-corrected chi connectivity index (χ1v) is 6.82. The SMILES string of the molecule is CC(C)[N+](Cc1ccccc1)(C(C)C)C(C)C. The molecule has 0 radical (unpaired) electrons. The van der Waals surface area contributed by atoms with Crippen molar-refractivity contribution < 1.29 is 4.48 Å². The van der Waals surface area contributed by atoms with E-state index >= 15 is 0 Å². The molecule has 0 aliphatic carbocycles. The number of rotatable bonds is 5. The fourth-order valence-electron chi connectivity index (χ4n) is 3.24. The minimum absolute atomic E-state index is 0.648. The molecule has 1 nitrogen and oxygen atoms in total. The van der Waals surface area contributed by atoms with E-state index in [4.69, 9.17) is 0 Å². The van der Waals surface area contributed by atoms with Crippen molar-refractivity contribution in [3.05, 3.63) is 35.9 Å². The van der Waals surface area contributed by atoms with Crippen LogP contribution in [0.1, 0.15) is 47.1 Å². The molecular weight excluding hydrogens is 206 g/mol. The van der Waals surface area contributed by atoms with Gasteiger partial charge in [0.2, 0.25) is 0 Å². The predicted octanol–water partition coefficient (Wildman–Crippen LogP) is 4.23. The average Bonchev–Trinajstić information content (AvgIpc) is 2.25. The van der Waals surface area contributed by atoms with Crippen LogP contribution in [0.4, 0.5) is 0 Å². The highest BCUT2D eigenvalue weighted by molar-refractivity contribution is 5.13. The molecule has 0 spiro atoms. The molecule has 0 unspecified atom stereocenters. The molecule has 0 N–H and O–H groups in total. The normalized spacial score (nSPS) is 12.8. The van der Waals surface area contributed by atoms with Crippen molar-refractivity contribution in [2.24, 2.45) is 0 Å². The largest absolute Gasteiger partial charge is 0.314 e. The van der Waals surface area contributed by atoms with Crippen molar-refractivity contribution in [1.29, 1.82) is 0 Å². The Kier molecular flexibility index (Phi) is 4.76. The average molecular weight is 234 g/mol. The van der Waals surface area contributed by atoms with Crippen molar-refractivity contribution in [2.45, 2.75) is 66.2 Å². The fraction of sp³-hybridized carbons (Fsp3) is 0.625. The first-order chi connectivity index (χ1) is 7.91. The van der Waals surface area contributed by atoms with Crippen LogP contribution in [0.3, 0.4) is 0 Å². The van der Waals surface area contributed by atoms with Gasteiger partial charge in [0, 0.05) is 5.56 Å². The summed E-state index contributed by atoms with van der Waals surface area (Å²) in [7, 11) is 0. The van der Waals surface area contributed by atoms with Crippen molar-refractivity contribution in [2.75, 3.05) is 0 Å². The van der Waals surface area contributed by atoms with Gasteiger partial charge in [-0.3, -0.25) is 0 Å². The number of benzene rings is 1. The van der Waals surface area contributed by atoms with E-state index in [2.05, 4.69) is 71.9 Å². The number of nitrogens with zero attached hydrogens (tertiary/aromatic N) is 1. The monoisotopic (exact) mass is 234 g/mol. The third-order valence-corrected chi connectivity index (χ3v) is 4.18. The van der Waals surface area contributed by atoms with Crippen molar-refractivity contribution in [3.63, 3.8) is 0 Å². The molecule has 0 heterocycles. The van der Waals surface area contributed by atoms with Crippen LogP contribution in [0.5, 0.6) is 0 Å². The summed E-state index contributed by atoms with van der Waals surface area (Å²) >= 11 is 0. The van der Waals surface area contributed by atoms with Gasteiger partial charge in [-0.2, -0.15) is 0 Å². The molecule has 0 aliphatic rings. The van der Waals surface area contributed by atoms with Crippen LogP contribution in [0, 0.1) is 0 Å². The van der Waals surface area contributed by atoms with Gasteiger partial charge in [-0.05, 0) is 41.5 Å². The second-order valence-electron chi connectivity index (χ2n) is 5.92.